The van der Waals surface area contributed by atoms with Gasteiger partial charge in [0.25, 0.3) is 0 Å². The van der Waals surface area contributed by atoms with E-state index in [1.165, 1.54) is 6.07 Å². The van der Waals surface area contributed by atoms with Gasteiger partial charge >= 0.3 is 0 Å². The fourth-order valence-corrected chi connectivity index (χ4v) is 1.62. The average molecular weight is 270 g/mol. The molecule has 0 aromatic heterocycles. The SMILES string of the molecule is CC(NC(=O)CC(N)C(C)C)c1ccc(F)c(F)c1. The number of nitrogens with one attached hydrogen (secondary N) is 1. The highest BCUT2D eigenvalue weighted by Crippen LogP contribution is 2.16. The van der Waals surface area contributed by atoms with Crippen LogP contribution in [0, 0.1) is 17.6 Å². The van der Waals surface area contributed by atoms with Gasteiger partial charge in [-0.25, -0.2) is 8.78 Å². The summed E-state index contributed by atoms with van der Waals surface area (Å²) >= 11 is 0. The summed E-state index contributed by atoms with van der Waals surface area (Å²) in [5, 5.41) is 2.72. The van der Waals surface area contributed by atoms with Gasteiger partial charge in [-0.05, 0) is 30.5 Å². The molecule has 106 valence electrons. The van der Waals surface area contributed by atoms with E-state index in [1.54, 1.807) is 6.92 Å². The van der Waals surface area contributed by atoms with Gasteiger partial charge in [0.05, 0.1) is 6.04 Å². The maximum Gasteiger partial charge on any atom is 0.222 e. The fourth-order valence-electron chi connectivity index (χ4n) is 1.62. The predicted octanol–water partition coefficient (Wildman–Crippen LogP) is 2.52. The molecule has 3 N–H and O–H groups in total. The van der Waals surface area contributed by atoms with E-state index in [0.717, 1.165) is 12.1 Å². The van der Waals surface area contributed by atoms with Crippen molar-refractivity contribution in [1.29, 1.82) is 0 Å². The van der Waals surface area contributed by atoms with Gasteiger partial charge in [-0.3, -0.25) is 4.79 Å². The van der Waals surface area contributed by atoms with Crippen molar-refractivity contribution in [3.05, 3.63) is 35.4 Å². The van der Waals surface area contributed by atoms with E-state index in [1.807, 2.05) is 13.8 Å². The third kappa shape index (κ3) is 4.59. The molecule has 1 aromatic rings. The van der Waals surface area contributed by atoms with Gasteiger partial charge in [0.15, 0.2) is 11.6 Å². The highest BCUT2D eigenvalue weighted by atomic mass is 19.2. The van der Waals surface area contributed by atoms with Gasteiger partial charge in [0, 0.05) is 12.5 Å². The second-order valence-electron chi connectivity index (χ2n) is 5.07. The predicted molar refractivity (Wildman–Crippen MR) is 70.3 cm³/mol. The molecule has 1 aromatic carbocycles. The lowest BCUT2D eigenvalue weighted by atomic mass is 10.0. The average Bonchev–Trinajstić information content (AvgIpc) is 2.32. The first kappa shape index (κ1) is 15.6. The lowest BCUT2D eigenvalue weighted by molar-refractivity contribution is -0.122. The Labute approximate surface area is 112 Å². The van der Waals surface area contributed by atoms with Crippen molar-refractivity contribution in [2.45, 2.75) is 39.3 Å². The molecule has 0 aliphatic carbocycles. The zero-order valence-electron chi connectivity index (χ0n) is 11.4. The molecule has 0 fully saturated rings. The fraction of sp³-hybridized carbons (Fsp3) is 0.500. The first-order valence-corrected chi connectivity index (χ1v) is 6.31. The van der Waals surface area contributed by atoms with Gasteiger partial charge in [0.1, 0.15) is 0 Å². The summed E-state index contributed by atoms with van der Waals surface area (Å²) < 4.78 is 25.9. The van der Waals surface area contributed by atoms with Crippen LogP contribution >= 0.6 is 0 Å². The summed E-state index contributed by atoms with van der Waals surface area (Å²) in [5.41, 5.74) is 6.32. The van der Waals surface area contributed by atoms with Crippen LogP contribution in [0.5, 0.6) is 0 Å². The van der Waals surface area contributed by atoms with E-state index in [0.29, 0.717) is 5.56 Å². The molecule has 0 saturated heterocycles. The van der Waals surface area contributed by atoms with Crippen LogP contribution in [0.15, 0.2) is 18.2 Å². The number of carbonyl (C=O) groups is 1. The highest BCUT2D eigenvalue weighted by Gasteiger charge is 2.16. The van der Waals surface area contributed by atoms with Gasteiger partial charge < -0.3 is 11.1 Å². The number of hydrogen-bond acceptors (Lipinski definition) is 2. The molecule has 0 aliphatic rings. The number of benzene rings is 1. The van der Waals surface area contributed by atoms with Gasteiger partial charge in [0.2, 0.25) is 5.91 Å². The molecule has 0 aliphatic heterocycles. The van der Waals surface area contributed by atoms with Crippen LogP contribution in [-0.4, -0.2) is 11.9 Å². The van der Waals surface area contributed by atoms with Crippen LogP contribution in [0.4, 0.5) is 8.78 Å². The Morgan fingerprint density at radius 3 is 2.42 bits per heavy atom. The smallest absolute Gasteiger partial charge is 0.222 e. The molecule has 0 saturated carbocycles. The second-order valence-corrected chi connectivity index (χ2v) is 5.07. The van der Waals surface area contributed by atoms with E-state index in [9.17, 15) is 13.6 Å². The maximum atomic E-state index is 13.1. The monoisotopic (exact) mass is 270 g/mol. The summed E-state index contributed by atoms with van der Waals surface area (Å²) in [6.07, 6.45) is 0.214. The Morgan fingerprint density at radius 2 is 1.89 bits per heavy atom. The van der Waals surface area contributed by atoms with Crippen LogP contribution in [-0.2, 0) is 4.79 Å². The Kier molecular flexibility index (Phi) is 5.42. The molecule has 1 rings (SSSR count). The topological polar surface area (TPSA) is 55.1 Å². The van der Waals surface area contributed by atoms with Gasteiger partial charge in [-0.15, -0.1) is 0 Å². The van der Waals surface area contributed by atoms with E-state index < -0.39 is 11.6 Å². The minimum Gasteiger partial charge on any atom is -0.350 e. The number of hydrogen-bond donors (Lipinski definition) is 2. The Morgan fingerprint density at radius 1 is 1.26 bits per heavy atom. The molecule has 3 nitrogen and oxygen atoms in total. The van der Waals surface area contributed by atoms with Crippen molar-refractivity contribution in [1.82, 2.24) is 5.32 Å². The first-order valence-electron chi connectivity index (χ1n) is 6.31. The highest BCUT2D eigenvalue weighted by molar-refractivity contribution is 5.77. The molecule has 0 bridgehead atoms. The molecule has 0 radical (unpaired) electrons. The lowest BCUT2D eigenvalue weighted by Gasteiger charge is -2.18. The molecule has 2 atom stereocenters. The van der Waals surface area contributed by atoms with Crippen molar-refractivity contribution in [3.63, 3.8) is 0 Å². The summed E-state index contributed by atoms with van der Waals surface area (Å²) in [7, 11) is 0. The molecule has 1 amide bonds. The van der Waals surface area contributed by atoms with Crippen LogP contribution in [0.25, 0.3) is 0 Å². The third-order valence-corrected chi connectivity index (χ3v) is 3.10. The normalized spacial score (nSPS) is 14.3. The molecule has 19 heavy (non-hydrogen) atoms. The van der Waals surface area contributed by atoms with Crippen LogP contribution in [0.1, 0.15) is 38.8 Å². The molecule has 0 spiro atoms. The minimum absolute atomic E-state index is 0.196. The Hall–Kier alpha value is -1.49. The van der Waals surface area contributed by atoms with Crippen LogP contribution in [0.3, 0.4) is 0 Å². The van der Waals surface area contributed by atoms with E-state index in [4.69, 9.17) is 5.73 Å². The standard InChI is InChI=1S/C14H20F2N2O/c1-8(2)13(17)7-14(19)18-9(3)10-4-5-11(15)12(16)6-10/h4-6,8-9,13H,7,17H2,1-3H3,(H,18,19). The Bertz CT molecular complexity index is 449. The van der Waals surface area contributed by atoms with Crippen LogP contribution < -0.4 is 11.1 Å². The van der Waals surface area contributed by atoms with Crippen molar-refractivity contribution in [2.24, 2.45) is 11.7 Å². The van der Waals surface area contributed by atoms with Gasteiger partial charge in [-0.1, -0.05) is 19.9 Å². The molecule has 0 heterocycles. The number of rotatable bonds is 5. The lowest BCUT2D eigenvalue weighted by Crippen LogP contribution is -2.35. The van der Waals surface area contributed by atoms with E-state index in [-0.39, 0.29) is 30.3 Å². The quantitative estimate of drug-likeness (QED) is 0.863. The third-order valence-electron chi connectivity index (χ3n) is 3.10. The van der Waals surface area contributed by atoms with Crippen molar-refractivity contribution in [3.8, 4) is 0 Å². The summed E-state index contributed by atoms with van der Waals surface area (Å²) in [4.78, 5) is 11.7. The van der Waals surface area contributed by atoms with Gasteiger partial charge in [-0.2, -0.15) is 0 Å². The first-order chi connectivity index (χ1) is 8.81. The number of carbonyl (C=O) groups excluding carboxylic acids is 1. The molecule has 5 heteroatoms. The number of amides is 1. The maximum absolute atomic E-state index is 13.1. The summed E-state index contributed by atoms with van der Waals surface area (Å²) in [6, 6.07) is 2.99. The van der Waals surface area contributed by atoms with E-state index in [2.05, 4.69) is 5.32 Å². The number of halogens is 2. The van der Waals surface area contributed by atoms with Crippen LogP contribution in [0.2, 0.25) is 0 Å². The van der Waals surface area contributed by atoms with Crippen molar-refractivity contribution >= 4 is 5.91 Å². The Balaban J connectivity index is 2.61. The number of nitrogens with two attached hydrogens (primary N) is 1. The molecular weight excluding hydrogens is 250 g/mol. The zero-order valence-corrected chi connectivity index (χ0v) is 11.4. The minimum atomic E-state index is -0.919. The van der Waals surface area contributed by atoms with Crippen molar-refractivity contribution in [2.75, 3.05) is 0 Å². The zero-order chi connectivity index (χ0) is 14.6. The molecule has 2 unspecified atom stereocenters. The van der Waals surface area contributed by atoms with Crippen molar-refractivity contribution < 1.29 is 13.6 Å². The summed E-state index contributed by atoms with van der Waals surface area (Å²) in [6.45, 7) is 5.60. The largest absolute Gasteiger partial charge is 0.350 e. The van der Waals surface area contributed by atoms with E-state index >= 15 is 0 Å². The molecular formula is C14H20F2N2O. The second kappa shape index (κ2) is 6.61. The summed E-state index contributed by atoms with van der Waals surface area (Å²) in [5.74, 6) is -1.80.